The van der Waals surface area contributed by atoms with Crippen molar-refractivity contribution in [2.24, 2.45) is 0 Å². The number of nitrogens with zero attached hydrogens (tertiary/aromatic N) is 4. The van der Waals surface area contributed by atoms with Crippen LogP contribution in [-0.4, -0.2) is 25.1 Å². The Balaban J connectivity index is 1.38. The molecule has 4 rings (SSSR count). The van der Waals surface area contributed by atoms with E-state index in [0.29, 0.717) is 28.8 Å². The molecule has 0 saturated heterocycles. The van der Waals surface area contributed by atoms with E-state index in [9.17, 15) is 4.79 Å². The van der Waals surface area contributed by atoms with Gasteiger partial charge in [-0.25, -0.2) is 4.98 Å². The molecule has 1 aromatic carbocycles. The van der Waals surface area contributed by atoms with E-state index in [1.807, 2.05) is 67.0 Å². The number of hydrogen-bond donors (Lipinski definition) is 1. The van der Waals surface area contributed by atoms with Gasteiger partial charge >= 0.3 is 0 Å². The molecular formula is C21H20ClN5O2. The van der Waals surface area contributed by atoms with Crippen LogP contribution in [0.2, 0.25) is 5.02 Å². The van der Waals surface area contributed by atoms with Gasteiger partial charge in [0.2, 0.25) is 5.91 Å². The quantitative estimate of drug-likeness (QED) is 0.522. The van der Waals surface area contributed by atoms with Gasteiger partial charge in [-0.05, 0) is 38.1 Å². The summed E-state index contributed by atoms with van der Waals surface area (Å²) in [5.41, 5.74) is 3.82. The molecule has 0 spiro atoms. The van der Waals surface area contributed by atoms with E-state index in [-0.39, 0.29) is 12.5 Å². The van der Waals surface area contributed by atoms with Crippen molar-refractivity contribution in [3.63, 3.8) is 0 Å². The second kappa shape index (κ2) is 7.97. The van der Waals surface area contributed by atoms with Crippen molar-refractivity contribution < 1.29 is 9.53 Å². The standard InChI is InChI=1S/C21H20ClN5O2/c1-14-21(22)15(2)27(25-14)12-20(28)24-16-6-5-7-18(10-16)29-13-17-11-26-9-4-3-8-19(26)23-17/h3-11H,12-13H2,1-2H3,(H,24,28). The smallest absolute Gasteiger partial charge is 0.246 e. The van der Waals surface area contributed by atoms with E-state index in [2.05, 4.69) is 15.4 Å². The molecule has 0 bridgehead atoms. The average Bonchev–Trinajstić information content (AvgIpc) is 3.23. The predicted octanol–water partition coefficient (Wildman–Crippen LogP) is 4.02. The number of halogens is 1. The first-order valence-corrected chi connectivity index (χ1v) is 9.52. The van der Waals surface area contributed by atoms with E-state index >= 15 is 0 Å². The number of anilines is 1. The van der Waals surface area contributed by atoms with Crippen molar-refractivity contribution in [3.05, 3.63) is 77.0 Å². The van der Waals surface area contributed by atoms with Gasteiger partial charge in [0.1, 0.15) is 24.5 Å². The number of carbonyl (C=O) groups excluding carboxylic acids is 1. The van der Waals surface area contributed by atoms with Crippen molar-refractivity contribution in [3.8, 4) is 5.75 Å². The molecule has 0 aliphatic carbocycles. The van der Waals surface area contributed by atoms with Crippen LogP contribution < -0.4 is 10.1 Å². The first kappa shape index (κ1) is 19.0. The van der Waals surface area contributed by atoms with Crippen molar-refractivity contribution in [1.29, 1.82) is 0 Å². The largest absolute Gasteiger partial charge is 0.487 e. The lowest BCUT2D eigenvalue weighted by Gasteiger charge is -2.09. The summed E-state index contributed by atoms with van der Waals surface area (Å²) in [4.78, 5) is 16.9. The van der Waals surface area contributed by atoms with Gasteiger partial charge in [0, 0.05) is 24.1 Å². The second-order valence-corrected chi connectivity index (χ2v) is 7.08. The summed E-state index contributed by atoms with van der Waals surface area (Å²) in [5, 5.41) is 7.73. The third-order valence-corrected chi connectivity index (χ3v) is 5.05. The molecule has 0 fully saturated rings. The number of nitrogens with one attached hydrogen (secondary N) is 1. The molecule has 3 aromatic heterocycles. The normalized spacial score (nSPS) is 11.0. The third-order valence-electron chi connectivity index (χ3n) is 4.50. The number of hydrogen-bond acceptors (Lipinski definition) is 4. The first-order valence-electron chi connectivity index (χ1n) is 9.14. The highest BCUT2D eigenvalue weighted by atomic mass is 35.5. The average molecular weight is 410 g/mol. The summed E-state index contributed by atoms with van der Waals surface area (Å²) in [6.07, 6.45) is 3.87. The van der Waals surface area contributed by atoms with Gasteiger partial charge in [-0.15, -0.1) is 0 Å². The van der Waals surface area contributed by atoms with Gasteiger partial charge in [-0.3, -0.25) is 9.48 Å². The summed E-state index contributed by atoms with van der Waals surface area (Å²) < 4.78 is 9.38. The van der Waals surface area contributed by atoms with Crippen LogP contribution >= 0.6 is 11.6 Å². The Morgan fingerprint density at radius 1 is 1.21 bits per heavy atom. The maximum absolute atomic E-state index is 12.4. The zero-order chi connectivity index (χ0) is 20.4. The van der Waals surface area contributed by atoms with E-state index in [1.54, 1.807) is 10.7 Å². The van der Waals surface area contributed by atoms with Gasteiger partial charge in [-0.1, -0.05) is 23.7 Å². The van der Waals surface area contributed by atoms with Crippen LogP contribution in [0.15, 0.2) is 54.9 Å². The monoisotopic (exact) mass is 409 g/mol. The minimum atomic E-state index is -0.190. The van der Waals surface area contributed by atoms with Gasteiger partial charge in [0.25, 0.3) is 0 Å². The van der Waals surface area contributed by atoms with Crippen LogP contribution in [0, 0.1) is 13.8 Å². The minimum absolute atomic E-state index is 0.0890. The lowest BCUT2D eigenvalue weighted by atomic mass is 10.3. The van der Waals surface area contributed by atoms with Gasteiger partial charge in [0.15, 0.2) is 0 Å². The summed E-state index contributed by atoms with van der Waals surface area (Å²) >= 11 is 6.14. The molecule has 8 heteroatoms. The van der Waals surface area contributed by atoms with E-state index < -0.39 is 0 Å². The topological polar surface area (TPSA) is 73.5 Å². The van der Waals surface area contributed by atoms with Crippen LogP contribution in [0.5, 0.6) is 5.75 Å². The number of aromatic nitrogens is 4. The fraction of sp³-hybridized carbons (Fsp3) is 0.190. The molecule has 0 radical (unpaired) electrons. The molecule has 4 aromatic rings. The van der Waals surface area contributed by atoms with Gasteiger partial charge < -0.3 is 14.5 Å². The molecule has 3 heterocycles. The number of aryl methyl sites for hydroxylation is 1. The highest BCUT2D eigenvalue weighted by Gasteiger charge is 2.12. The van der Waals surface area contributed by atoms with Crippen molar-refractivity contribution >= 4 is 28.8 Å². The molecule has 1 amide bonds. The Hall–Kier alpha value is -3.32. The Morgan fingerprint density at radius 2 is 2.07 bits per heavy atom. The highest BCUT2D eigenvalue weighted by molar-refractivity contribution is 6.31. The van der Waals surface area contributed by atoms with Crippen LogP contribution in [-0.2, 0) is 17.9 Å². The SMILES string of the molecule is Cc1nn(CC(=O)Nc2cccc(OCc3cn4ccccc4n3)c2)c(C)c1Cl. The molecule has 0 unspecified atom stereocenters. The zero-order valence-electron chi connectivity index (χ0n) is 16.1. The summed E-state index contributed by atoms with van der Waals surface area (Å²) in [6, 6.07) is 13.1. The fourth-order valence-corrected chi connectivity index (χ4v) is 3.18. The van der Waals surface area contributed by atoms with Crippen LogP contribution in [0.1, 0.15) is 17.1 Å². The molecular weight excluding hydrogens is 390 g/mol. The Morgan fingerprint density at radius 3 is 2.83 bits per heavy atom. The number of carbonyl (C=O) groups is 1. The van der Waals surface area contributed by atoms with Crippen LogP contribution in [0.3, 0.4) is 0 Å². The lowest BCUT2D eigenvalue weighted by molar-refractivity contribution is -0.116. The Bertz CT molecular complexity index is 1150. The maximum Gasteiger partial charge on any atom is 0.246 e. The van der Waals surface area contributed by atoms with E-state index in [4.69, 9.17) is 16.3 Å². The third kappa shape index (κ3) is 4.25. The number of benzene rings is 1. The molecule has 1 N–H and O–H groups in total. The second-order valence-electron chi connectivity index (χ2n) is 6.71. The zero-order valence-corrected chi connectivity index (χ0v) is 16.8. The molecule has 0 saturated carbocycles. The molecule has 7 nitrogen and oxygen atoms in total. The minimum Gasteiger partial charge on any atom is -0.487 e. The van der Waals surface area contributed by atoms with Crippen molar-refractivity contribution in [2.75, 3.05) is 5.32 Å². The number of pyridine rings is 1. The number of imidazole rings is 1. The fourth-order valence-electron chi connectivity index (χ4n) is 3.04. The molecule has 0 atom stereocenters. The predicted molar refractivity (Wildman–Crippen MR) is 111 cm³/mol. The van der Waals surface area contributed by atoms with Gasteiger partial charge in [-0.2, -0.15) is 5.10 Å². The molecule has 0 aliphatic rings. The summed E-state index contributed by atoms with van der Waals surface area (Å²) in [6.45, 7) is 4.08. The first-order chi connectivity index (χ1) is 14.0. The summed E-state index contributed by atoms with van der Waals surface area (Å²) in [7, 11) is 0. The number of rotatable bonds is 6. The molecule has 29 heavy (non-hydrogen) atoms. The van der Waals surface area contributed by atoms with Gasteiger partial charge in [0.05, 0.1) is 22.1 Å². The van der Waals surface area contributed by atoms with Crippen LogP contribution in [0.4, 0.5) is 5.69 Å². The maximum atomic E-state index is 12.4. The molecule has 148 valence electrons. The Labute approximate surface area is 172 Å². The number of fused-ring (bicyclic) bond motifs is 1. The highest BCUT2D eigenvalue weighted by Crippen LogP contribution is 2.20. The summed E-state index contributed by atoms with van der Waals surface area (Å²) in [5.74, 6) is 0.457. The van der Waals surface area contributed by atoms with E-state index in [0.717, 1.165) is 17.0 Å². The number of ether oxygens (including phenoxy) is 1. The van der Waals surface area contributed by atoms with Crippen molar-refractivity contribution in [2.45, 2.75) is 27.0 Å². The van der Waals surface area contributed by atoms with E-state index in [1.165, 1.54) is 0 Å². The lowest BCUT2D eigenvalue weighted by Crippen LogP contribution is -2.20. The molecule has 0 aliphatic heterocycles. The van der Waals surface area contributed by atoms with Crippen LogP contribution in [0.25, 0.3) is 5.65 Å². The van der Waals surface area contributed by atoms with Crippen molar-refractivity contribution in [1.82, 2.24) is 19.2 Å². The number of amides is 1. The Kier molecular flexibility index (Phi) is 5.22.